The van der Waals surface area contributed by atoms with Gasteiger partial charge in [0, 0.05) is 35.7 Å². The van der Waals surface area contributed by atoms with Crippen molar-refractivity contribution in [2.45, 2.75) is 33.6 Å². The summed E-state index contributed by atoms with van der Waals surface area (Å²) in [5.74, 6) is -0.494. The van der Waals surface area contributed by atoms with Crippen LogP contribution in [0.3, 0.4) is 0 Å². The van der Waals surface area contributed by atoms with Crippen LogP contribution >= 0.6 is 0 Å². The average Bonchev–Trinajstić information content (AvgIpc) is 2.54. The Labute approximate surface area is 150 Å². The van der Waals surface area contributed by atoms with Crippen molar-refractivity contribution in [1.82, 2.24) is 9.88 Å². The number of amides is 1. The number of hydrogen-bond acceptors (Lipinski definition) is 4. The molecule has 5 nitrogen and oxygen atoms in total. The maximum atomic E-state index is 12.7. The van der Waals surface area contributed by atoms with Crippen LogP contribution in [0.15, 0.2) is 23.9 Å². The number of likely N-dealkylation sites (tertiary alicyclic amines) is 1. The van der Waals surface area contributed by atoms with E-state index in [0.717, 1.165) is 6.20 Å². The minimum atomic E-state index is -2.63. The van der Waals surface area contributed by atoms with Gasteiger partial charge in [-0.15, -0.1) is 0 Å². The fourth-order valence-electron chi connectivity index (χ4n) is 3.98. The van der Waals surface area contributed by atoms with E-state index in [1.807, 2.05) is 6.07 Å². The van der Waals surface area contributed by atoms with Crippen molar-refractivity contribution < 1.29 is 18.4 Å². The molecule has 0 bridgehead atoms. The molecule has 1 spiro atoms. The largest absolute Gasteiger partial charge is 0.335 e. The highest BCUT2D eigenvalue weighted by atomic mass is 19.3. The van der Waals surface area contributed by atoms with E-state index in [2.05, 4.69) is 4.98 Å². The lowest BCUT2D eigenvalue weighted by atomic mass is 9.61. The van der Waals surface area contributed by atoms with Gasteiger partial charge >= 0.3 is 0 Å². The number of carbonyl (C=O) groups is 2. The highest BCUT2D eigenvalue weighted by molar-refractivity contribution is 6.04. The average molecular weight is 359 g/mol. The van der Waals surface area contributed by atoms with Crippen LogP contribution in [0.4, 0.5) is 8.78 Å². The number of Topliss-reactive ketones (excluding diaryl/α,β-unsaturated/α-hetero) is 1. The van der Waals surface area contributed by atoms with Crippen molar-refractivity contribution in [3.05, 3.63) is 40.7 Å². The molecule has 0 N–H and O–H groups in total. The molecule has 0 saturated carbocycles. The number of halogens is 2. The van der Waals surface area contributed by atoms with Gasteiger partial charge in [0.1, 0.15) is 11.8 Å². The quantitative estimate of drug-likeness (QED) is 0.813. The highest BCUT2D eigenvalue weighted by Gasteiger charge is 2.52. The summed E-state index contributed by atoms with van der Waals surface area (Å²) in [5, 5.41) is 9.21. The van der Waals surface area contributed by atoms with Crippen molar-refractivity contribution in [2.75, 3.05) is 13.1 Å². The number of aryl methyl sites for hydroxylation is 1. The molecule has 1 aromatic rings. The standard InChI is InChI=1S/C19H19F2N3O2/c1-11-4-12(16(20)21)7-23-14(11)17(26)24-9-19(10-24)5-13(6-22)15(25)18(2,3)8-19/h4-5,7,16H,8-10H2,1-3H3. The summed E-state index contributed by atoms with van der Waals surface area (Å²) < 4.78 is 25.5. The van der Waals surface area contributed by atoms with E-state index in [0.29, 0.717) is 25.1 Å². The Kier molecular flexibility index (Phi) is 4.18. The zero-order valence-corrected chi connectivity index (χ0v) is 14.8. The van der Waals surface area contributed by atoms with E-state index in [4.69, 9.17) is 0 Å². The highest BCUT2D eigenvalue weighted by Crippen LogP contribution is 2.48. The number of hydrogen-bond donors (Lipinski definition) is 0. The van der Waals surface area contributed by atoms with Gasteiger partial charge < -0.3 is 4.90 Å². The lowest BCUT2D eigenvalue weighted by Gasteiger charge is -2.53. The molecule has 2 aliphatic rings. The topological polar surface area (TPSA) is 74.1 Å². The summed E-state index contributed by atoms with van der Waals surface area (Å²) >= 11 is 0. The molecule has 0 aromatic carbocycles. The van der Waals surface area contributed by atoms with Crippen LogP contribution in [0.25, 0.3) is 0 Å². The third-order valence-corrected chi connectivity index (χ3v) is 5.08. The molecule has 1 aliphatic carbocycles. The molecule has 7 heteroatoms. The molecule has 1 saturated heterocycles. The summed E-state index contributed by atoms with van der Waals surface area (Å²) in [6, 6.07) is 3.23. The van der Waals surface area contributed by atoms with Crippen LogP contribution in [0.5, 0.6) is 0 Å². The molecule has 0 radical (unpaired) electrons. The van der Waals surface area contributed by atoms with E-state index in [1.54, 1.807) is 31.7 Å². The zero-order valence-electron chi connectivity index (χ0n) is 14.8. The van der Waals surface area contributed by atoms with Gasteiger partial charge in [-0.2, -0.15) is 5.26 Å². The van der Waals surface area contributed by atoms with Gasteiger partial charge in [0.15, 0.2) is 5.78 Å². The summed E-state index contributed by atoms with van der Waals surface area (Å²) in [5.41, 5.74) is -0.560. The van der Waals surface area contributed by atoms with E-state index in [1.165, 1.54) is 6.07 Å². The van der Waals surface area contributed by atoms with Gasteiger partial charge in [-0.25, -0.2) is 8.78 Å². The van der Waals surface area contributed by atoms with Crippen molar-refractivity contribution >= 4 is 11.7 Å². The normalized spacial score (nSPS) is 20.6. The van der Waals surface area contributed by atoms with Crippen molar-refractivity contribution in [3.63, 3.8) is 0 Å². The predicted molar refractivity (Wildman–Crippen MR) is 89.4 cm³/mol. The molecule has 1 fully saturated rings. The second-order valence-electron chi connectivity index (χ2n) is 7.82. The van der Waals surface area contributed by atoms with Crippen molar-refractivity contribution in [3.8, 4) is 6.07 Å². The number of ketones is 1. The molecule has 0 atom stereocenters. The second kappa shape index (κ2) is 5.97. The molecular weight excluding hydrogens is 340 g/mol. The number of alkyl halides is 2. The molecule has 3 rings (SSSR count). The maximum Gasteiger partial charge on any atom is 0.272 e. The van der Waals surface area contributed by atoms with Crippen LogP contribution in [0.1, 0.15) is 48.3 Å². The number of nitrogens with zero attached hydrogens (tertiary/aromatic N) is 3. The minimum absolute atomic E-state index is 0.143. The van der Waals surface area contributed by atoms with Crippen molar-refractivity contribution in [2.24, 2.45) is 10.8 Å². The third-order valence-electron chi connectivity index (χ3n) is 5.08. The summed E-state index contributed by atoms with van der Waals surface area (Å²) in [7, 11) is 0. The first kappa shape index (κ1) is 18.2. The van der Waals surface area contributed by atoms with Crippen LogP contribution in [-0.2, 0) is 4.79 Å². The lowest BCUT2D eigenvalue weighted by molar-refractivity contribution is -0.127. The molecule has 1 aliphatic heterocycles. The van der Waals surface area contributed by atoms with Gasteiger partial charge in [-0.1, -0.05) is 19.9 Å². The number of rotatable bonds is 2. The first-order chi connectivity index (χ1) is 12.1. The number of aromatic nitrogens is 1. The lowest BCUT2D eigenvalue weighted by Crippen LogP contribution is -2.61. The van der Waals surface area contributed by atoms with Crippen LogP contribution in [0, 0.1) is 29.1 Å². The summed E-state index contributed by atoms with van der Waals surface area (Å²) in [4.78, 5) is 30.4. The van der Waals surface area contributed by atoms with Gasteiger partial charge in [-0.3, -0.25) is 14.6 Å². The maximum absolute atomic E-state index is 12.7. The summed E-state index contributed by atoms with van der Waals surface area (Å²) in [6.07, 6.45) is 0.639. The first-order valence-corrected chi connectivity index (χ1v) is 8.30. The van der Waals surface area contributed by atoms with Crippen LogP contribution in [0.2, 0.25) is 0 Å². The Morgan fingerprint density at radius 2 is 2.04 bits per heavy atom. The van der Waals surface area contributed by atoms with E-state index in [-0.39, 0.29) is 28.5 Å². The van der Waals surface area contributed by atoms with Crippen LogP contribution in [-0.4, -0.2) is 34.7 Å². The molecular formula is C19H19F2N3O2. The SMILES string of the molecule is Cc1cc(C(F)F)cnc1C(=O)N1CC2(C=C(C#N)C(=O)C(C)(C)C2)C1. The predicted octanol–water partition coefficient (Wildman–Crippen LogP) is 3.22. The Morgan fingerprint density at radius 1 is 1.38 bits per heavy atom. The van der Waals surface area contributed by atoms with Gasteiger partial charge in [0.05, 0.1) is 5.57 Å². The zero-order chi connectivity index (χ0) is 19.3. The third kappa shape index (κ3) is 2.90. The molecule has 26 heavy (non-hydrogen) atoms. The Bertz CT molecular complexity index is 862. The Morgan fingerprint density at radius 3 is 2.58 bits per heavy atom. The van der Waals surface area contributed by atoms with Gasteiger partial charge in [0.25, 0.3) is 12.3 Å². The first-order valence-electron chi connectivity index (χ1n) is 8.30. The van der Waals surface area contributed by atoms with Gasteiger partial charge in [-0.05, 0) is 25.0 Å². The van der Waals surface area contributed by atoms with E-state index >= 15 is 0 Å². The smallest absolute Gasteiger partial charge is 0.272 e. The van der Waals surface area contributed by atoms with Crippen LogP contribution < -0.4 is 0 Å². The summed E-state index contributed by atoms with van der Waals surface area (Å²) in [6.45, 7) is 5.95. The molecule has 1 aromatic heterocycles. The Hall–Kier alpha value is -2.62. The molecule has 2 heterocycles. The number of carbonyl (C=O) groups excluding carboxylic acids is 2. The van der Waals surface area contributed by atoms with E-state index in [9.17, 15) is 23.6 Å². The fraction of sp³-hybridized carbons (Fsp3) is 0.474. The molecule has 0 unspecified atom stereocenters. The Balaban J connectivity index is 1.80. The van der Waals surface area contributed by atoms with E-state index < -0.39 is 17.3 Å². The minimum Gasteiger partial charge on any atom is -0.335 e. The number of nitriles is 1. The number of allylic oxidation sites excluding steroid dienone is 1. The molecule has 136 valence electrons. The monoisotopic (exact) mass is 359 g/mol. The second-order valence-corrected chi connectivity index (χ2v) is 7.82. The van der Waals surface area contributed by atoms with Gasteiger partial charge in [0.2, 0.25) is 0 Å². The molecule has 1 amide bonds. The fourth-order valence-corrected chi connectivity index (χ4v) is 3.98. The van der Waals surface area contributed by atoms with Crippen molar-refractivity contribution in [1.29, 1.82) is 5.26 Å². The number of pyridine rings is 1.